The molecule has 0 aliphatic carbocycles. The van der Waals surface area contributed by atoms with Crippen molar-refractivity contribution in [2.45, 2.75) is 41.6 Å². The molecule has 0 radical (unpaired) electrons. The zero-order valence-electron chi connectivity index (χ0n) is 21.1. The van der Waals surface area contributed by atoms with Crippen LogP contribution < -0.4 is 0 Å². The molecule has 3 aromatic rings. The molecule has 0 aromatic heterocycles. The fourth-order valence-electron chi connectivity index (χ4n) is 3.96. The van der Waals surface area contributed by atoms with Crippen LogP contribution in [0.15, 0.2) is 91.0 Å². The van der Waals surface area contributed by atoms with Crippen molar-refractivity contribution in [1.82, 2.24) is 0 Å². The predicted octanol–water partition coefficient (Wildman–Crippen LogP) is 5.39. The van der Waals surface area contributed by atoms with Gasteiger partial charge in [-0.3, -0.25) is 0 Å². The number of rotatable bonds is 9. The summed E-state index contributed by atoms with van der Waals surface area (Å²) < 4.78 is 23.7. The van der Waals surface area contributed by atoms with Crippen LogP contribution in [0.25, 0.3) is 0 Å². The molecular weight excluding hydrogens is 567 g/mol. The van der Waals surface area contributed by atoms with E-state index < -0.39 is 49.7 Å². The molecule has 3 aromatic carbocycles. The second-order valence-electron chi connectivity index (χ2n) is 8.77. The summed E-state index contributed by atoms with van der Waals surface area (Å²) in [5.74, 6) is -1.62. The molecule has 0 N–H and O–H groups in total. The molecule has 198 valence electrons. The Morgan fingerprint density at radius 2 is 1.24 bits per heavy atom. The number of carbonyl (C=O) groups excluding carboxylic acids is 3. The van der Waals surface area contributed by atoms with Crippen LogP contribution in [0.1, 0.15) is 37.5 Å². The number of hydrogen-bond donors (Lipinski definition) is 0. The maximum absolute atomic E-state index is 13.1. The monoisotopic (exact) mass is 596 g/mol. The predicted molar refractivity (Wildman–Crippen MR) is 146 cm³/mol. The summed E-state index contributed by atoms with van der Waals surface area (Å²) in [5.41, 5.74) is 5.20. The summed E-state index contributed by atoms with van der Waals surface area (Å²) in [6, 6.07) is 25.8. The van der Waals surface area contributed by atoms with Gasteiger partial charge >= 0.3 is 231 Å². The fourth-order valence-corrected chi connectivity index (χ4v) is 8.71. The molecule has 1 heterocycles. The van der Waals surface area contributed by atoms with Crippen LogP contribution in [0.3, 0.4) is 0 Å². The van der Waals surface area contributed by atoms with E-state index in [4.69, 9.17) is 18.9 Å². The summed E-state index contributed by atoms with van der Waals surface area (Å²) >= 11 is -1.21. The summed E-state index contributed by atoms with van der Waals surface area (Å²) in [4.78, 5) is 38.7. The van der Waals surface area contributed by atoms with E-state index in [0.29, 0.717) is 23.1 Å². The van der Waals surface area contributed by atoms with Crippen molar-refractivity contribution in [3.05, 3.63) is 108 Å². The molecule has 7 nitrogen and oxygen atoms in total. The van der Waals surface area contributed by atoms with Gasteiger partial charge in [0.15, 0.2) is 0 Å². The number of ether oxygens (including phenoxy) is 4. The second kappa shape index (κ2) is 13.6. The van der Waals surface area contributed by atoms with E-state index in [0.717, 1.165) is 0 Å². The molecule has 0 spiro atoms. The molecular formula is C29H29AsO7S. The Morgan fingerprint density at radius 1 is 0.763 bits per heavy atom. The summed E-state index contributed by atoms with van der Waals surface area (Å²) in [6.07, 6.45) is -2.27. The van der Waals surface area contributed by atoms with Crippen molar-refractivity contribution >= 4 is 41.4 Å². The third-order valence-corrected chi connectivity index (χ3v) is 10.8. The molecule has 0 saturated carbocycles. The van der Waals surface area contributed by atoms with Gasteiger partial charge in [0.2, 0.25) is 0 Å². The Labute approximate surface area is 230 Å². The quantitative estimate of drug-likeness (QED) is 0.185. The van der Waals surface area contributed by atoms with Crippen molar-refractivity contribution in [3.8, 4) is 0 Å². The third-order valence-electron chi connectivity index (χ3n) is 5.72. The molecule has 0 unspecified atom stereocenters. The van der Waals surface area contributed by atoms with Crippen LogP contribution in [-0.2, 0) is 18.9 Å². The zero-order chi connectivity index (χ0) is 26.9. The van der Waals surface area contributed by atoms with E-state index in [-0.39, 0.29) is 12.0 Å². The van der Waals surface area contributed by atoms with Gasteiger partial charge in [0, 0.05) is 0 Å². The minimum absolute atomic E-state index is 0.169. The van der Waals surface area contributed by atoms with Gasteiger partial charge in [-0.15, -0.1) is 0 Å². The van der Waals surface area contributed by atoms with Crippen molar-refractivity contribution in [3.63, 3.8) is 0 Å². The van der Waals surface area contributed by atoms with Crippen LogP contribution in [0.4, 0.5) is 0 Å². The van der Waals surface area contributed by atoms with E-state index in [2.05, 4.69) is 11.4 Å². The van der Waals surface area contributed by atoms with Crippen molar-refractivity contribution in [2.75, 3.05) is 6.61 Å². The average molecular weight is 597 g/mol. The van der Waals surface area contributed by atoms with E-state index in [1.165, 1.54) is 0 Å². The Morgan fingerprint density at radius 3 is 1.74 bits per heavy atom. The summed E-state index contributed by atoms with van der Waals surface area (Å²) in [6.45, 7) is -0.169. The van der Waals surface area contributed by atoms with E-state index >= 15 is 0 Å². The zero-order valence-corrected chi connectivity index (χ0v) is 23.8. The van der Waals surface area contributed by atoms with E-state index in [1.54, 1.807) is 88.9 Å². The third kappa shape index (κ3) is 7.73. The topological polar surface area (TPSA) is 88.1 Å². The van der Waals surface area contributed by atoms with Crippen molar-refractivity contribution in [1.29, 1.82) is 0 Å². The van der Waals surface area contributed by atoms with Gasteiger partial charge in [-0.25, -0.2) is 0 Å². The molecule has 1 fully saturated rings. The SMILES string of the molecule is C[As](C)S[C@H]1C[C@@H](OC(=O)c2ccccc2)[C@H](OC(=O)c2ccccc2)[C@@H](COC(=O)c2ccccc2)O1. The average Bonchev–Trinajstić information content (AvgIpc) is 2.94. The Bertz CT molecular complexity index is 1210. The van der Waals surface area contributed by atoms with E-state index in [1.807, 2.05) is 12.1 Å². The van der Waals surface area contributed by atoms with Crippen LogP contribution in [0.2, 0.25) is 11.4 Å². The van der Waals surface area contributed by atoms with Gasteiger partial charge in [-0.2, -0.15) is 0 Å². The minimum atomic E-state index is -1.21. The first-order valence-electron chi connectivity index (χ1n) is 12.1. The number of esters is 3. The molecule has 1 aliphatic heterocycles. The Balaban J connectivity index is 1.59. The fraction of sp³-hybridized carbons (Fsp3) is 0.276. The summed E-state index contributed by atoms with van der Waals surface area (Å²) in [5, 5.41) is 0. The molecule has 1 saturated heterocycles. The van der Waals surface area contributed by atoms with Gasteiger partial charge in [-0.05, 0) is 0 Å². The molecule has 38 heavy (non-hydrogen) atoms. The molecule has 0 amide bonds. The first kappa shape index (κ1) is 28.0. The number of hydrogen-bond acceptors (Lipinski definition) is 8. The maximum atomic E-state index is 13.1. The molecule has 4 rings (SSSR count). The van der Waals surface area contributed by atoms with Crippen LogP contribution in [-0.4, -0.2) is 61.8 Å². The summed E-state index contributed by atoms with van der Waals surface area (Å²) in [7, 11) is 1.71. The van der Waals surface area contributed by atoms with Crippen LogP contribution in [0, 0.1) is 0 Å². The Kier molecular flexibility index (Phi) is 10.0. The number of benzene rings is 3. The van der Waals surface area contributed by atoms with Crippen molar-refractivity contribution < 1.29 is 33.3 Å². The standard InChI is InChI=1S/C29H29AsO7S/c1-30(2)38-25-18-23(36-28(32)21-14-8-4-9-15-21)26(37-29(33)22-16-10-5-11-17-22)24(35-25)19-34-27(31)20-12-6-3-7-13-20/h3-17,23-26H,18-19H2,1-2H3/t23-,24-,25+,26+/m1/s1. The van der Waals surface area contributed by atoms with Crippen LogP contribution >= 0.6 is 10.0 Å². The first-order valence-corrected chi connectivity index (χ1v) is 19.0. The van der Waals surface area contributed by atoms with Crippen LogP contribution in [0.5, 0.6) is 0 Å². The molecule has 0 bridgehead atoms. The molecule has 9 heteroatoms. The van der Waals surface area contributed by atoms with Gasteiger partial charge in [0.25, 0.3) is 0 Å². The van der Waals surface area contributed by atoms with Gasteiger partial charge in [0.05, 0.1) is 0 Å². The Hall–Kier alpha value is -3.06. The van der Waals surface area contributed by atoms with Gasteiger partial charge in [0.1, 0.15) is 0 Å². The molecule has 1 aliphatic rings. The number of carbonyl (C=O) groups is 3. The normalized spacial score (nSPS) is 20.9. The van der Waals surface area contributed by atoms with Gasteiger partial charge in [-0.1, -0.05) is 0 Å². The van der Waals surface area contributed by atoms with Gasteiger partial charge < -0.3 is 0 Å². The van der Waals surface area contributed by atoms with Crippen molar-refractivity contribution in [2.24, 2.45) is 0 Å². The first-order chi connectivity index (χ1) is 18.4. The molecule has 4 atom stereocenters. The second-order valence-corrected chi connectivity index (χ2v) is 18.0. The van der Waals surface area contributed by atoms with E-state index in [9.17, 15) is 14.4 Å².